The van der Waals surface area contributed by atoms with Crippen LogP contribution in [0, 0.1) is 5.41 Å². The van der Waals surface area contributed by atoms with Gasteiger partial charge < -0.3 is 19.8 Å². The highest BCUT2D eigenvalue weighted by atomic mass is 35.5. The van der Waals surface area contributed by atoms with Crippen LogP contribution in [0.1, 0.15) is 25.2 Å². The first-order valence-electron chi connectivity index (χ1n) is 9.27. The fourth-order valence-electron chi connectivity index (χ4n) is 3.40. The molecule has 0 unspecified atom stereocenters. The quantitative estimate of drug-likeness (QED) is 0.619. The molecule has 0 radical (unpaired) electrons. The minimum absolute atomic E-state index is 0. The molecule has 162 valence electrons. The van der Waals surface area contributed by atoms with Crippen molar-refractivity contribution < 1.29 is 13.9 Å². The Morgan fingerprint density at radius 2 is 1.97 bits per heavy atom. The number of halogens is 3. The smallest absolute Gasteiger partial charge is 0.220 e. The van der Waals surface area contributed by atoms with E-state index in [1.54, 1.807) is 13.3 Å². The fraction of sp³-hybridized carbons (Fsp3) is 0.500. The van der Waals surface area contributed by atoms with Gasteiger partial charge in [-0.05, 0) is 50.2 Å². The van der Waals surface area contributed by atoms with Gasteiger partial charge in [0.1, 0.15) is 0 Å². The van der Waals surface area contributed by atoms with Gasteiger partial charge in [0.25, 0.3) is 0 Å². The first-order chi connectivity index (χ1) is 13.1. The van der Waals surface area contributed by atoms with Crippen molar-refractivity contribution >= 4 is 42.3 Å². The van der Waals surface area contributed by atoms with Crippen LogP contribution in [-0.2, 0) is 16.0 Å². The van der Waals surface area contributed by atoms with E-state index in [1.165, 1.54) is 0 Å². The van der Waals surface area contributed by atoms with E-state index < -0.39 is 0 Å². The van der Waals surface area contributed by atoms with E-state index in [-0.39, 0.29) is 36.1 Å². The van der Waals surface area contributed by atoms with E-state index in [4.69, 9.17) is 20.8 Å². The van der Waals surface area contributed by atoms with Crippen molar-refractivity contribution in [2.45, 2.75) is 25.7 Å². The van der Waals surface area contributed by atoms with Gasteiger partial charge in [-0.3, -0.25) is 4.79 Å². The first kappa shape index (κ1) is 25.7. The zero-order chi connectivity index (χ0) is 19.1. The Balaban J connectivity index is 0.00000210. The summed E-state index contributed by atoms with van der Waals surface area (Å²) >= 11 is 5.90. The molecular weight excluding hydrogens is 437 g/mol. The molecular formula is C20H28Cl3N3O3. The van der Waals surface area contributed by atoms with Crippen molar-refractivity contribution in [1.29, 1.82) is 0 Å². The number of benzene rings is 1. The van der Waals surface area contributed by atoms with Crippen molar-refractivity contribution in [3.63, 3.8) is 0 Å². The van der Waals surface area contributed by atoms with Crippen LogP contribution in [0.2, 0.25) is 5.02 Å². The topological polar surface area (TPSA) is 76.4 Å². The standard InChI is InChI=1S/C20H26ClN3O3.2ClH/c1-26-14-20(8-10-22-11-9-20)13-24-18(25)6-7-19-23-12-17(27-19)15-2-4-16(21)5-3-15;;/h2-5,12,22H,6-11,13-14H2,1H3,(H,24,25);2*1H. The van der Waals surface area contributed by atoms with Crippen molar-refractivity contribution in [2.75, 3.05) is 33.4 Å². The summed E-state index contributed by atoms with van der Waals surface area (Å²) in [7, 11) is 1.71. The highest BCUT2D eigenvalue weighted by Crippen LogP contribution is 2.28. The van der Waals surface area contributed by atoms with Crippen LogP contribution in [0.5, 0.6) is 0 Å². The molecule has 1 aliphatic heterocycles. The molecule has 6 nitrogen and oxygen atoms in total. The van der Waals surface area contributed by atoms with Crippen LogP contribution in [-0.4, -0.2) is 44.2 Å². The summed E-state index contributed by atoms with van der Waals surface area (Å²) in [6, 6.07) is 7.38. The summed E-state index contributed by atoms with van der Waals surface area (Å²) in [6.07, 6.45) is 4.51. The van der Waals surface area contributed by atoms with Crippen LogP contribution < -0.4 is 10.6 Å². The molecule has 0 atom stereocenters. The predicted molar refractivity (Wildman–Crippen MR) is 119 cm³/mol. The lowest BCUT2D eigenvalue weighted by Crippen LogP contribution is -2.47. The van der Waals surface area contributed by atoms with Crippen molar-refractivity contribution in [3.8, 4) is 11.3 Å². The molecule has 1 aromatic carbocycles. The third-order valence-corrected chi connectivity index (χ3v) is 5.28. The summed E-state index contributed by atoms with van der Waals surface area (Å²) in [5.74, 6) is 1.25. The molecule has 0 spiro atoms. The number of carbonyl (C=O) groups is 1. The molecule has 3 rings (SSSR count). The number of rotatable bonds is 8. The van der Waals surface area contributed by atoms with E-state index in [1.807, 2.05) is 24.3 Å². The zero-order valence-electron chi connectivity index (χ0n) is 16.4. The van der Waals surface area contributed by atoms with Gasteiger partial charge in [-0.25, -0.2) is 4.98 Å². The molecule has 1 fully saturated rings. The maximum Gasteiger partial charge on any atom is 0.220 e. The number of piperidine rings is 1. The Hall–Kier alpha value is -1.31. The summed E-state index contributed by atoms with van der Waals surface area (Å²) in [5, 5.41) is 7.09. The van der Waals surface area contributed by atoms with Crippen LogP contribution in [0.4, 0.5) is 0 Å². The molecule has 0 saturated carbocycles. The van der Waals surface area contributed by atoms with Crippen molar-refractivity contribution in [2.24, 2.45) is 5.41 Å². The fourth-order valence-corrected chi connectivity index (χ4v) is 3.53. The molecule has 2 N–H and O–H groups in total. The second kappa shape index (κ2) is 12.4. The van der Waals surface area contributed by atoms with E-state index in [9.17, 15) is 4.79 Å². The number of methoxy groups -OCH3 is 1. The second-order valence-electron chi connectivity index (χ2n) is 7.08. The number of amides is 1. The highest BCUT2D eigenvalue weighted by Gasteiger charge is 2.32. The maximum absolute atomic E-state index is 12.3. The molecule has 0 bridgehead atoms. The summed E-state index contributed by atoms with van der Waals surface area (Å²) in [5.41, 5.74) is 0.940. The van der Waals surface area contributed by atoms with Gasteiger partial charge in [0.15, 0.2) is 11.7 Å². The minimum atomic E-state index is 0. The van der Waals surface area contributed by atoms with Crippen molar-refractivity contribution in [3.05, 3.63) is 41.4 Å². The Morgan fingerprint density at radius 3 is 2.62 bits per heavy atom. The molecule has 1 amide bonds. The van der Waals surface area contributed by atoms with Gasteiger partial charge in [-0.15, -0.1) is 24.8 Å². The number of ether oxygens (including phenoxy) is 1. The van der Waals surface area contributed by atoms with Crippen LogP contribution >= 0.6 is 36.4 Å². The van der Waals surface area contributed by atoms with Gasteiger partial charge in [0, 0.05) is 42.5 Å². The predicted octanol–water partition coefficient (Wildman–Crippen LogP) is 3.90. The molecule has 1 aliphatic rings. The van der Waals surface area contributed by atoms with Gasteiger partial charge in [-0.2, -0.15) is 0 Å². The monoisotopic (exact) mass is 463 g/mol. The normalized spacial score (nSPS) is 15.1. The molecule has 1 saturated heterocycles. The largest absolute Gasteiger partial charge is 0.441 e. The number of hydrogen-bond donors (Lipinski definition) is 2. The van der Waals surface area contributed by atoms with Crippen LogP contribution in [0.15, 0.2) is 34.9 Å². The first-order valence-corrected chi connectivity index (χ1v) is 9.65. The van der Waals surface area contributed by atoms with E-state index in [0.717, 1.165) is 31.5 Å². The molecule has 2 heterocycles. The number of nitrogens with one attached hydrogen (secondary N) is 2. The van der Waals surface area contributed by atoms with Gasteiger partial charge in [0.2, 0.25) is 5.91 Å². The van der Waals surface area contributed by atoms with Crippen molar-refractivity contribution in [1.82, 2.24) is 15.6 Å². The zero-order valence-corrected chi connectivity index (χ0v) is 18.8. The number of nitrogens with zero attached hydrogens (tertiary/aromatic N) is 1. The Labute approximate surface area is 188 Å². The van der Waals surface area contributed by atoms with Gasteiger partial charge >= 0.3 is 0 Å². The number of aryl methyl sites for hydroxylation is 1. The highest BCUT2D eigenvalue weighted by molar-refractivity contribution is 6.30. The maximum atomic E-state index is 12.3. The van der Waals surface area contributed by atoms with Gasteiger partial charge in [-0.1, -0.05) is 11.6 Å². The molecule has 2 aromatic rings. The lowest BCUT2D eigenvalue weighted by Gasteiger charge is -2.37. The Morgan fingerprint density at radius 1 is 1.28 bits per heavy atom. The minimum Gasteiger partial charge on any atom is -0.441 e. The molecule has 29 heavy (non-hydrogen) atoms. The number of carbonyl (C=O) groups excluding carboxylic acids is 1. The summed E-state index contributed by atoms with van der Waals surface area (Å²) in [6.45, 7) is 3.23. The molecule has 0 aliphatic carbocycles. The number of aromatic nitrogens is 1. The average Bonchev–Trinajstić information content (AvgIpc) is 3.15. The molecule has 9 heteroatoms. The van der Waals surface area contributed by atoms with E-state index in [0.29, 0.717) is 42.7 Å². The molecule has 1 aromatic heterocycles. The average molecular weight is 465 g/mol. The second-order valence-corrected chi connectivity index (χ2v) is 7.52. The number of hydrogen-bond acceptors (Lipinski definition) is 5. The lowest BCUT2D eigenvalue weighted by atomic mass is 9.79. The van der Waals surface area contributed by atoms with Gasteiger partial charge in [0.05, 0.1) is 12.8 Å². The SMILES string of the molecule is COCC1(CNC(=O)CCc2ncc(-c3ccc(Cl)cc3)o2)CCNCC1.Cl.Cl. The van der Waals surface area contributed by atoms with Crippen LogP contribution in [0.25, 0.3) is 11.3 Å². The number of oxazole rings is 1. The third kappa shape index (κ3) is 7.46. The van der Waals surface area contributed by atoms with E-state index in [2.05, 4.69) is 15.6 Å². The Kier molecular flexibility index (Phi) is 11.0. The Bertz CT molecular complexity index is 741. The lowest BCUT2D eigenvalue weighted by molar-refractivity contribution is -0.122. The third-order valence-electron chi connectivity index (χ3n) is 5.02. The summed E-state index contributed by atoms with van der Waals surface area (Å²) in [4.78, 5) is 16.5. The summed E-state index contributed by atoms with van der Waals surface area (Å²) < 4.78 is 11.1. The van der Waals surface area contributed by atoms with E-state index >= 15 is 0 Å². The van der Waals surface area contributed by atoms with Crippen LogP contribution in [0.3, 0.4) is 0 Å².